The molecule has 0 atom stereocenters. The van der Waals surface area contributed by atoms with Gasteiger partial charge in [0.2, 0.25) is 10.0 Å². The molecule has 0 heterocycles. The third kappa shape index (κ3) is 3.59. The van der Waals surface area contributed by atoms with Crippen molar-refractivity contribution >= 4 is 21.6 Å². The lowest BCUT2D eigenvalue weighted by atomic mass is 10.2. The Labute approximate surface area is 122 Å². The van der Waals surface area contributed by atoms with E-state index in [9.17, 15) is 18.3 Å². The first-order chi connectivity index (χ1) is 9.77. The quantitative estimate of drug-likeness (QED) is 0.800. The minimum Gasteiger partial charge on any atom is -0.508 e. The largest absolute Gasteiger partial charge is 0.508 e. The molecule has 0 aliphatic rings. The molecule has 21 heavy (non-hydrogen) atoms. The fourth-order valence-electron chi connectivity index (χ4n) is 1.80. The van der Waals surface area contributed by atoms with E-state index < -0.39 is 15.9 Å². The summed E-state index contributed by atoms with van der Waals surface area (Å²) in [4.78, 5) is 12.0. The summed E-state index contributed by atoms with van der Waals surface area (Å²) >= 11 is 0. The van der Waals surface area contributed by atoms with Crippen LogP contribution in [0.25, 0.3) is 0 Å². The highest BCUT2D eigenvalue weighted by Gasteiger charge is 2.13. The third-order valence-corrected chi connectivity index (χ3v) is 3.93. The highest BCUT2D eigenvalue weighted by molar-refractivity contribution is 7.89. The second-order valence-electron chi connectivity index (χ2n) is 4.53. The van der Waals surface area contributed by atoms with Crippen molar-refractivity contribution in [3.05, 3.63) is 53.6 Å². The lowest BCUT2D eigenvalue weighted by Gasteiger charge is -2.09. The smallest absolute Gasteiger partial charge is 0.255 e. The Morgan fingerprint density at radius 2 is 1.76 bits per heavy atom. The van der Waals surface area contributed by atoms with Gasteiger partial charge in [-0.3, -0.25) is 4.79 Å². The molecule has 4 N–H and O–H groups in total. The van der Waals surface area contributed by atoms with E-state index in [1.54, 1.807) is 19.1 Å². The van der Waals surface area contributed by atoms with Crippen LogP contribution in [0.5, 0.6) is 5.75 Å². The Morgan fingerprint density at radius 3 is 2.33 bits per heavy atom. The highest BCUT2D eigenvalue weighted by Crippen LogP contribution is 2.20. The van der Waals surface area contributed by atoms with Gasteiger partial charge in [-0.05, 0) is 48.9 Å². The van der Waals surface area contributed by atoms with Gasteiger partial charge in [0.25, 0.3) is 5.91 Å². The molecule has 0 saturated carbocycles. The van der Waals surface area contributed by atoms with E-state index in [2.05, 4.69) is 5.32 Å². The zero-order valence-corrected chi connectivity index (χ0v) is 12.0. The number of anilines is 1. The summed E-state index contributed by atoms with van der Waals surface area (Å²) in [6, 6.07) is 10.1. The second kappa shape index (κ2) is 5.55. The first-order valence-corrected chi connectivity index (χ1v) is 7.56. The van der Waals surface area contributed by atoms with E-state index in [1.807, 2.05) is 0 Å². The van der Waals surface area contributed by atoms with Crippen LogP contribution >= 0.6 is 0 Å². The minimum absolute atomic E-state index is 0.0361. The molecule has 0 aliphatic heterocycles. The van der Waals surface area contributed by atoms with Crippen molar-refractivity contribution in [1.82, 2.24) is 0 Å². The Kier molecular flexibility index (Phi) is 3.97. The maximum atomic E-state index is 12.0. The van der Waals surface area contributed by atoms with Crippen LogP contribution in [0.4, 0.5) is 5.69 Å². The number of carbonyl (C=O) groups is 1. The maximum Gasteiger partial charge on any atom is 0.255 e. The molecule has 0 unspecified atom stereocenters. The van der Waals surface area contributed by atoms with Crippen molar-refractivity contribution in [2.75, 3.05) is 5.32 Å². The Bertz CT molecular complexity index is 783. The number of phenols is 1. The standard InChI is InChI=1S/C14H14N2O4S/c1-9-2-5-11(8-13(9)21(15,19)20)16-14(18)10-3-6-12(17)7-4-10/h2-8,17H,1H3,(H,16,18)(H2,15,19,20). The number of phenolic OH excluding ortho intramolecular Hbond substituents is 1. The van der Waals surface area contributed by atoms with Gasteiger partial charge in [-0.25, -0.2) is 13.6 Å². The summed E-state index contributed by atoms with van der Waals surface area (Å²) in [5, 5.41) is 16.9. The van der Waals surface area contributed by atoms with Gasteiger partial charge in [0.1, 0.15) is 5.75 Å². The van der Waals surface area contributed by atoms with Gasteiger partial charge < -0.3 is 10.4 Å². The van der Waals surface area contributed by atoms with Crippen LogP contribution < -0.4 is 10.5 Å². The lowest BCUT2D eigenvalue weighted by molar-refractivity contribution is 0.102. The summed E-state index contributed by atoms with van der Waals surface area (Å²) in [6.07, 6.45) is 0. The second-order valence-corrected chi connectivity index (χ2v) is 6.06. The number of nitrogens with two attached hydrogens (primary N) is 1. The Hall–Kier alpha value is -2.38. The number of aromatic hydroxyl groups is 1. The van der Waals surface area contributed by atoms with Crippen molar-refractivity contribution in [3.8, 4) is 5.75 Å². The van der Waals surface area contributed by atoms with Crippen molar-refractivity contribution in [2.45, 2.75) is 11.8 Å². The van der Waals surface area contributed by atoms with E-state index in [4.69, 9.17) is 5.14 Å². The Morgan fingerprint density at radius 1 is 1.14 bits per heavy atom. The average Bonchev–Trinajstić information content (AvgIpc) is 2.40. The molecule has 7 heteroatoms. The molecule has 0 aliphatic carbocycles. The van der Waals surface area contributed by atoms with Crippen LogP contribution in [0.15, 0.2) is 47.4 Å². The topological polar surface area (TPSA) is 109 Å². The van der Waals surface area contributed by atoms with Gasteiger partial charge in [-0.2, -0.15) is 0 Å². The monoisotopic (exact) mass is 306 g/mol. The molecule has 0 fully saturated rings. The molecule has 6 nitrogen and oxygen atoms in total. The molecule has 1 amide bonds. The third-order valence-electron chi connectivity index (χ3n) is 2.88. The summed E-state index contributed by atoms with van der Waals surface area (Å²) < 4.78 is 22.9. The number of rotatable bonds is 3. The molecule has 0 spiro atoms. The summed E-state index contributed by atoms with van der Waals surface area (Å²) in [5.74, 6) is -0.363. The number of aryl methyl sites for hydroxylation is 1. The summed E-state index contributed by atoms with van der Waals surface area (Å²) in [5.41, 5.74) is 1.16. The van der Waals surface area contributed by atoms with E-state index in [1.165, 1.54) is 30.3 Å². The number of sulfonamides is 1. The number of nitrogens with one attached hydrogen (secondary N) is 1. The summed E-state index contributed by atoms with van der Waals surface area (Å²) in [6.45, 7) is 1.62. The van der Waals surface area contributed by atoms with Crippen LogP contribution in [0.2, 0.25) is 0 Å². The fraction of sp³-hybridized carbons (Fsp3) is 0.0714. The van der Waals surface area contributed by atoms with Crippen LogP contribution in [-0.4, -0.2) is 19.4 Å². The van der Waals surface area contributed by atoms with Gasteiger partial charge in [0.05, 0.1) is 4.90 Å². The van der Waals surface area contributed by atoms with Crippen LogP contribution in [-0.2, 0) is 10.0 Å². The normalized spacial score (nSPS) is 11.1. The van der Waals surface area contributed by atoms with Gasteiger partial charge in [-0.1, -0.05) is 6.07 Å². The van der Waals surface area contributed by atoms with Crippen molar-refractivity contribution in [3.63, 3.8) is 0 Å². The molecular weight excluding hydrogens is 292 g/mol. The van der Waals surface area contributed by atoms with E-state index >= 15 is 0 Å². The Balaban J connectivity index is 2.28. The van der Waals surface area contributed by atoms with Gasteiger partial charge >= 0.3 is 0 Å². The van der Waals surface area contributed by atoms with Gasteiger partial charge in [0.15, 0.2) is 0 Å². The first kappa shape index (κ1) is 15.0. The molecule has 110 valence electrons. The molecule has 2 aromatic carbocycles. The van der Waals surface area contributed by atoms with Crippen LogP contribution in [0.3, 0.4) is 0 Å². The fourth-order valence-corrected chi connectivity index (χ4v) is 2.61. The number of primary sulfonamides is 1. The zero-order chi connectivity index (χ0) is 15.6. The number of carbonyl (C=O) groups excluding carboxylic acids is 1. The lowest BCUT2D eigenvalue weighted by Crippen LogP contribution is -2.16. The number of hydrogen-bond acceptors (Lipinski definition) is 4. The highest BCUT2D eigenvalue weighted by atomic mass is 32.2. The van der Waals surface area contributed by atoms with E-state index in [0.29, 0.717) is 16.8 Å². The summed E-state index contributed by atoms with van der Waals surface area (Å²) in [7, 11) is -3.85. The molecule has 0 bridgehead atoms. The average molecular weight is 306 g/mol. The maximum absolute atomic E-state index is 12.0. The molecular formula is C14H14N2O4S. The van der Waals surface area contributed by atoms with Crippen LogP contribution in [0.1, 0.15) is 15.9 Å². The predicted octanol–water partition coefficient (Wildman–Crippen LogP) is 1.60. The molecule has 2 aromatic rings. The minimum atomic E-state index is -3.85. The van der Waals surface area contributed by atoms with Gasteiger partial charge in [-0.15, -0.1) is 0 Å². The van der Waals surface area contributed by atoms with Crippen LogP contribution in [0, 0.1) is 6.92 Å². The molecule has 0 saturated heterocycles. The van der Waals surface area contributed by atoms with Gasteiger partial charge in [0, 0.05) is 11.3 Å². The number of benzene rings is 2. The van der Waals surface area contributed by atoms with E-state index in [-0.39, 0.29) is 10.6 Å². The van der Waals surface area contributed by atoms with Crippen molar-refractivity contribution in [2.24, 2.45) is 5.14 Å². The number of amides is 1. The SMILES string of the molecule is Cc1ccc(NC(=O)c2ccc(O)cc2)cc1S(N)(=O)=O. The number of hydrogen-bond donors (Lipinski definition) is 3. The molecule has 2 rings (SSSR count). The zero-order valence-electron chi connectivity index (χ0n) is 11.2. The van der Waals surface area contributed by atoms with Crippen molar-refractivity contribution < 1.29 is 18.3 Å². The predicted molar refractivity (Wildman–Crippen MR) is 78.6 cm³/mol. The van der Waals surface area contributed by atoms with E-state index in [0.717, 1.165) is 0 Å². The molecule has 0 aromatic heterocycles. The van der Waals surface area contributed by atoms with Crippen molar-refractivity contribution in [1.29, 1.82) is 0 Å². The first-order valence-electron chi connectivity index (χ1n) is 6.01. The molecule has 0 radical (unpaired) electrons.